The first-order valence-electron chi connectivity index (χ1n) is 7.82. The van der Waals surface area contributed by atoms with Crippen LogP contribution >= 0.6 is 15.9 Å². The molecule has 0 radical (unpaired) electrons. The van der Waals surface area contributed by atoms with E-state index in [0.717, 1.165) is 36.0 Å². The van der Waals surface area contributed by atoms with E-state index in [4.69, 9.17) is 0 Å². The summed E-state index contributed by atoms with van der Waals surface area (Å²) in [6.45, 7) is 10.4. The lowest BCUT2D eigenvalue weighted by molar-refractivity contribution is -0.0341. The van der Waals surface area contributed by atoms with Crippen LogP contribution in [-0.2, 0) is 6.42 Å². The van der Waals surface area contributed by atoms with E-state index in [2.05, 4.69) is 48.5 Å². The molecule has 120 valence electrons. The first-order chi connectivity index (χ1) is 9.94. The van der Waals surface area contributed by atoms with E-state index in [9.17, 15) is 9.50 Å². The zero-order chi connectivity index (χ0) is 16.0. The summed E-state index contributed by atoms with van der Waals surface area (Å²) >= 11 is 3.39. The van der Waals surface area contributed by atoms with Gasteiger partial charge in [0.25, 0.3) is 0 Å². The zero-order valence-corrected chi connectivity index (χ0v) is 15.1. The van der Waals surface area contributed by atoms with E-state index in [-0.39, 0.29) is 11.4 Å². The molecule has 0 saturated heterocycles. The van der Waals surface area contributed by atoms with Crippen LogP contribution in [0, 0.1) is 5.82 Å². The lowest BCUT2D eigenvalue weighted by Crippen LogP contribution is -2.56. The molecular weight excluding hydrogens is 333 g/mol. The molecule has 2 nitrogen and oxygen atoms in total. The minimum Gasteiger partial charge on any atom is -0.391 e. The normalized spacial score (nSPS) is 13.7. The minimum absolute atomic E-state index is 0.225. The molecule has 1 aromatic carbocycles. The van der Waals surface area contributed by atoms with Gasteiger partial charge in [0.05, 0.1) is 6.10 Å². The molecule has 0 aliphatic rings. The monoisotopic (exact) mass is 359 g/mol. The van der Waals surface area contributed by atoms with Crippen molar-refractivity contribution in [2.24, 2.45) is 0 Å². The number of hydrogen-bond donors (Lipinski definition) is 1. The maximum Gasteiger partial charge on any atom is 0.124 e. The van der Waals surface area contributed by atoms with Crippen molar-refractivity contribution in [3.05, 3.63) is 34.1 Å². The lowest BCUT2D eigenvalue weighted by atomic mass is 9.81. The van der Waals surface area contributed by atoms with Crippen LogP contribution in [0.2, 0.25) is 0 Å². The van der Waals surface area contributed by atoms with Crippen molar-refractivity contribution >= 4 is 15.9 Å². The van der Waals surface area contributed by atoms with Gasteiger partial charge < -0.3 is 5.11 Å². The molecule has 0 aliphatic heterocycles. The Labute approximate surface area is 136 Å². The summed E-state index contributed by atoms with van der Waals surface area (Å²) in [6.07, 6.45) is 1.84. The second-order valence-electron chi connectivity index (χ2n) is 5.44. The Bertz CT molecular complexity index is 444. The molecule has 0 saturated carbocycles. The highest BCUT2D eigenvalue weighted by Gasteiger charge is 2.39. The van der Waals surface area contributed by atoms with E-state index in [0.29, 0.717) is 6.42 Å². The van der Waals surface area contributed by atoms with Crippen LogP contribution in [0.25, 0.3) is 0 Å². The Morgan fingerprint density at radius 3 is 2.19 bits per heavy atom. The summed E-state index contributed by atoms with van der Waals surface area (Å²) in [6, 6.07) is 4.66. The highest BCUT2D eigenvalue weighted by Crippen LogP contribution is 2.31. The molecule has 1 aromatic rings. The predicted octanol–water partition coefficient (Wildman–Crippen LogP) is 4.39. The van der Waals surface area contributed by atoms with Gasteiger partial charge in [0.2, 0.25) is 0 Å². The fourth-order valence-electron chi connectivity index (χ4n) is 3.32. The molecule has 21 heavy (non-hydrogen) atoms. The maximum atomic E-state index is 13.2. The zero-order valence-electron chi connectivity index (χ0n) is 13.5. The molecule has 1 N–H and O–H groups in total. The fourth-order valence-corrected chi connectivity index (χ4v) is 3.83. The average Bonchev–Trinajstić information content (AvgIpc) is 2.47. The molecular formula is C17H27BrFNO. The SMILES string of the molecule is CCN(CC)C(CC)(CC)C(O)Cc1ccc(F)cc1Br. The molecule has 4 heteroatoms. The first kappa shape index (κ1) is 18.6. The standard InChI is InChI=1S/C17H27BrFNO/c1-5-17(6-2,20(7-3)8-4)16(21)11-13-9-10-14(19)12-15(13)18/h9-10,12,16,21H,5-8,11H2,1-4H3. The Morgan fingerprint density at radius 2 is 1.76 bits per heavy atom. The summed E-state index contributed by atoms with van der Waals surface area (Å²) in [5.41, 5.74) is 0.722. The average molecular weight is 360 g/mol. The van der Waals surface area contributed by atoms with Gasteiger partial charge in [-0.2, -0.15) is 0 Å². The van der Waals surface area contributed by atoms with Crippen molar-refractivity contribution in [3.63, 3.8) is 0 Å². The van der Waals surface area contributed by atoms with Gasteiger partial charge in [-0.15, -0.1) is 0 Å². The summed E-state index contributed by atoms with van der Waals surface area (Å²) < 4.78 is 13.9. The van der Waals surface area contributed by atoms with E-state index in [1.54, 1.807) is 6.07 Å². The summed E-state index contributed by atoms with van der Waals surface area (Å²) in [5.74, 6) is -0.263. The van der Waals surface area contributed by atoms with Crippen LogP contribution < -0.4 is 0 Å². The fraction of sp³-hybridized carbons (Fsp3) is 0.647. The second kappa shape index (κ2) is 8.25. The largest absolute Gasteiger partial charge is 0.391 e. The van der Waals surface area contributed by atoms with Crippen LogP contribution in [0.4, 0.5) is 4.39 Å². The van der Waals surface area contributed by atoms with Crippen LogP contribution in [0.5, 0.6) is 0 Å². The summed E-state index contributed by atoms with van der Waals surface area (Å²) in [7, 11) is 0. The van der Waals surface area contributed by atoms with E-state index in [1.165, 1.54) is 12.1 Å². The number of likely N-dealkylation sites (N-methyl/N-ethyl adjacent to an activating group) is 1. The lowest BCUT2D eigenvalue weighted by Gasteiger charge is -2.46. The third kappa shape index (κ3) is 4.05. The minimum atomic E-state index is -0.478. The molecule has 0 amide bonds. The number of rotatable bonds is 8. The summed E-state index contributed by atoms with van der Waals surface area (Å²) in [4.78, 5) is 2.34. The predicted molar refractivity (Wildman–Crippen MR) is 90.0 cm³/mol. The van der Waals surface area contributed by atoms with Crippen molar-refractivity contribution in [2.75, 3.05) is 13.1 Å². The Morgan fingerprint density at radius 1 is 1.19 bits per heavy atom. The van der Waals surface area contributed by atoms with Crippen molar-refractivity contribution in [1.82, 2.24) is 4.90 Å². The van der Waals surface area contributed by atoms with Crippen molar-refractivity contribution < 1.29 is 9.50 Å². The molecule has 0 fully saturated rings. The van der Waals surface area contributed by atoms with Crippen LogP contribution in [0.3, 0.4) is 0 Å². The van der Waals surface area contributed by atoms with Crippen LogP contribution in [-0.4, -0.2) is 34.7 Å². The Hall–Kier alpha value is -0.450. The highest BCUT2D eigenvalue weighted by atomic mass is 79.9. The molecule has 1 atom stereocenters. The van der Waals surface area contributed by atoms with E-state index < -0.39 is 6.10 Å². The molecule has 1 unspecified atom stereocenters. The topological polar surface area (TPSA) is 23.5 Å². The quantitative estimate of drug-likeness (QED) is 0.743. The smallest absolute Gasteiger partial charge is 0.124 e. The molecule has 1 rings (SSSR count). The number of halogens is 2. The van der Waals surface area contributed by atoms with Gasteiger partial charge in [0.1, 0.15) is 5.82 Å². The molecule has 0 aliphatic carbocycles. The van der Waals surface area contributed by atoms with Crippen LogP contribution in [0.15, 0.2) is 22.7 Å². The van der Waals surface area contributed by atoms with Crippen molar-refractivity contribution in [1.29, 1.82) is 0 Å². The van der Waals surface area contributed by atoms with Gasteiger partial charge in [0, 0.05) is 16.4 Å². The Kier molecular flexibility index (Phi) is 7.31. The van der Waals surface area contributed by atoms with E-state index >= 15 is 0 Å². The van der Waals surface area contributed by atoms with Gasteiger partial charge >= 0.3 is 0 Å². The van der Waals surface area contributed by atoms with Crippen molar-refractivity contribution in [3.8, 4) is 0 Å². The number of aliphatic hydroxyl groups is 1. The molecule has 0 spiro atoms. The maximum absolute atomic E-state index is 13.2. The van der Waals surface area contributed by atoms with Gasteiger partial charge in [-0.1, -0.05) is 49.7 Å². The number of hydrogen-bond acceptors (Lipinski definition) is 2. The molecule has 0 aromatic heterocycles. The van der Waals surface area contributed by atoms with Gasteiger partial charge in [-0.25, -0.2) is 4.39 Å². The van der Waals surface area contributed by atoms with Crippen molar-refractivity contribution in [2.45, 2.75) is 58.6 Å². The third-order valence-corrected chi connectivity index (χ3v) is 5.40. The van der Waals surface area contributed by atoms with E-state index in [1.807, 2.05) is 0 Å². The first-order valence-corrected chi connectivity index (χ1v) is 8.61. The molecule has 0 bridgehead atoms. The number of nitrogens with zero attached hydrogens (tertiary/aromatic N) is 1. The third-order valence-electron chi connectivity index (χ3n) is 4.67. The summed E-state index contributed by atoms with van der Waals surface area (Å²) in [5, 5.41) is 10.9. The number of aliphatic hydroxyl groups excluding tert-OH is 1. The second-order valence-corrected chi connectivity index (χ2v) is 6.29. The van der Waals surface area contributed by atoms with Gasteiger partial charge in [-0.3, -0.25) is 4.90 Å². The molecule has 0 heterocycles. The number of benzene rings is 1. The van der Waals surface area contributed by atoms with Gasteiger partial charge in [-0.05, 0) is 43.6 Å². The Balaban J connectivity index is 3.03. The highest BCUT2D eigenvalue weighted by molar-refractivity contribution is 9.10. The van der Waals surface area contributed by atoms with Crippen LogP contribution in [0.1, 0.15) is 46.1 Å². The van der Waals surface area contributed by atoms with Gasteiger partial charge in [0.15, 0.2) is 0 Å².